The monoisotopic (exact) mass is 225 g/mol. The molecule has 5 nitrogen and oxygen atoms in total. The third-order valence-corrected chi connectivity index (χ3v) is 2.38. The van der Waals surface area contributed by atoms with Crippen molar-refractivity contribution in [2.24, 2.45) is 11.7 Å². The smallest absolute Gasteiger partial charge is 0.221 e. The molecule has 1 amide bonds. The highest BCUT2D eigenvalue weighted by atomic mass is 16.4. The Morgan fingerprint density at radius 3 is 2.81 bits per heavy atom. The number of rotatable bonds is 5. The van der Waals surface area contributed by atoms with Gasteiger partial charge in [-0.1, -0.05) is 13.8 Å². The Balaban J connectivity index is 2.30. The fourth-order valence-electron chi connectivity index (χ4n) is 1.18. The molecule has 0 radical (unpaired) electrons. The lowest BCUT2D eigenvalue weighted by atomic mass is 10.0. The van der Waals surface area contributed by atoms with Crippen molar-refractivity contribution in [1.82, 2.24) is 10.3 Å². The molecule has 3 N–H and O–H groups in total. The number of nitrogens with one attached hydrogen (secondary N) is 1. The van der Waals surface area contributed by atoms with Gasteiger partial charge in [0.15, 0.2) is 0 Å². The number of oxazole rings is 1. The summed E-state index contributed by atoms with van der Waals surface area (Å²) in [5.41, 5.74) is 5.79. The van der Waals surface area contributed by atoms with Gasteiger partial charge in [0.1, 0.15) is 5.76 Å². The standard InChI is InChI=1S/C11H19N3O2/c1-7(2)9(12)4-10(15)13-6-11-14-5-8(3)16-11/h5,7,9H,4,6,12H2,1-3H3,(H,13,15). The Bertz CT molecular complexity index is 347. The number of carbonyl (C=O) groups excluding carboxylic acids is 1. The highest BCUT2D eigenvalue weighted by Crippen LogP contribution is 2.04. The van der Waals surface area contributed by atoms with E-state index in [-0.39, 0.29) is 11.9 Å². The minimum absolute atomic E-state index is 0.0722. The summed E-state index contributed by atoms with van der Waals surface area (Å²) in [4.78, 5) is 15.5. The molecule has 1 atom stereocenters. The maximum atomic E-state index is 11.5. The van der Waals surface area contributed by atoms with Gasteiger partial charge in [-0.15, -0.1) is 0 Å². The first-order valence-electron chi connectivity index (χ1n) is 5.42. The van der Waals surface area contributed by atoms with E-state index in [1.54, 1.807) is 6.20 Å². The summed E-state index contributed by atoms with van der Waals surface area (Å²) in [6.07, 6.45) is 1.96. The molecule has 0 saturated heterocycles. The second-order valence-electron chi connectivity index (χ2n) is 4.25. The molecule has 0 fully saturated rings. The van der Waals surface area contributed by atoms with Crippen LogP contribution < -0.4 is 11.1 Å². The predicted molar refractivity (Wildman–Crippen MR) is 60.5 cm³/mol. The number of aromatic nitrogens is 1. The summed E-state index contributed by atoms with van der Waals surface area (Å²) in [6, 6.07) is -0.105. The van der Waals surface area contributed by atoms with Crippen LogP contribution in [0, 0.1) is 12.8 Å². The van der Waals surface area contributed by atoms with Gasteiger partial charge < -0.3 is 15.5 Å². The van der Waals surface area contributed by atoms with Crippen molar-refractivity contribution in [3.05, 3.63) is 17.8 Å². The van der Waals surface area contributed by atoms with E-state index in [9.17, 15) is 4.79 Å². The molecule has 1 aromatic heterocycles. The summed E-state index contributed by atoms with van der Waals surface area (Å²) in [7, 11) is 0. The van der Waals surface area contributed by atoms with Gasteiger partial charge in [-0.2, -0.15) is 0 Å². The van der Waals surface area contributed by atoms with Crippen LogP contribution in [0.5, 0.6) is 0 Å². The van der Waals surface area contributed by atoms with Crippen LogP contribution in [0.15, 0.2) is 10.6 Å². The Labute approximate surface area is 95.4 Å². The van der Waals surface area contributed by atoms with Crippen LogP contribution in [-0.4, -0.2) is 16.9 Å². The number of amides is 1. The quantitative estimate of drug-likeness (QED) is 0.782. The second-order valence-corrected chi connectivity index (χ2v) is 4.25. The van der Waals surface area contributed by atoms with Crippen LogP contribution >= 0.6 is 0 Å². The summed E-state index contributed by atoms with van der Waals surface area (Å²) < 4.78 is 5.23. The Kier molecular flexibility index (Phi) is 4.49. The molecular formula is C11H19N3O2. The van der Waals surface area contributed by atoms with E-state index in [0.29, 0.717) is 24.8 Å². The first-order chi connectivity index (χ1) is 7.49. The summed E-state index contributed by atoms with van der Waals surface area (Å²) in [6.45, 7) is 6.12. The molecule has 90 valence electrons. The van der Waals surface area contributed by atoms with Gasteiger partial charge in [0, 0.05) is 12.5 Å². The number of hydrogen-bond acceptors (Lipinski definition) is 4. The summed E-state index contributed by atoms with van der Waals surface area (Å²) in [5, 5.41) is 2.72. The molecule has 5 heteroatoms. The number of carbonyl (C=O) groups is 1. The van der Waals surface area contributed by atoms with Crippen LogP contribution in [0.3, 0.4) is 0 Å². The molecule has 0 aliphatic carbocycles. The van der Waals surface area contributed by atoms with E-state index in [4.69, 9.17) is 10.2 Å². The van der Waals surface area contributed by atoms with E-state index < -0.39 is 0 Å². The van der Waals surface area contributed by atoms with Crippen molar-refractivity contribution in [2.45, 2.75) is 39.8 Å². The van der Waals surface area contributed by atoms with Gasteiger partial charge in [0.2, 0.25) is 11.8 Å². The van der Waals surface area contributed by atoms with Gasteiger partial charge in [0.05, 0.1) is 12.7 Å². The highest BCUT2D eigenvalue weighted by molar-refractivity contribution is 5.76. The van der Waals surface area contributed by atoms with Crippen LogP contribution in [-0.2, 0) is 11.3 Å². The normalized spacial score (nSPS) is 12.8. The average molecular weight is 225 g/mol. The maximum absolute atomic E-state index is 11.5. The average Bonchev–Trinajstić information content (AvgIpc) is 2.61. The first kappa shape index (κ1) is 12.7. The number of nitrogens with zero attached hydrogens (tertiary/aromatic N) is 1. The summed E-state index contributed by atoms with van der Waals surface area (Å²) in [5.74, 6) is 1.49. The van der Waals surface area contributed by atoms with Crippen molar-refractivity contribution in [3.63, 3.8) is 0 Å². The van der Waals surface area contributed by atoms with Gasteiger partial charge >= 0.3 is 0 Å². The van der Waals surface area contributed by atoms with E-state index in [1.165, 1.54) is 0 Å². The molecule has 0 saturated carbocycles. The largest absolute Gasteiger partial charge is 0.444 e. The van der Waals surface area contributed by atoms with Crippen molar-refractivity contribution in [3.8, 4) is 0 Å². The van der Waals surface area contributed by atoms with Gasteiger partial charge in [-0.25, -0.2) is 4.98 Å². The minimum Gasteiger partial charge on any atom is -0.444 e. The molecule has 0 aliphatic heterocycles. The topological polar surface area (TPSA) is 81.2 Å². The Morgan fingerprint density at radius 1 is 1.62 bits per heavy atom. The highest BCUT2D eigenvalue weighted by Gasteiger charge is 2.13. The molecular weight excluding hydrogens is 206 g/mol. The van der Waals surface area contributed by atoms with Crippen molar-refractivity contribution in [1.29, 1.82) is 0 Å². The van der Waals surface area contributed by atoms with E-state index >= 15 is 0 Å². The van der Waals surface area contributed by atoms with Crippen molar-refractivity contribution >= 4 is 5.91 Å². The van der Waals surface area contributed by atoms with E-state index in [2.05, 4.69) is 10.3 Å². The SMILES string of the molecule is Cc1cnc(CNC(=O)CC(N)C(C)C)o1. The minimum atomic E-state index is -0.105. The zero-order valence-electron chi connectivity index (χ0n) is 9.99. The molecule has 16 heavy (non-hydrogen) atoms. The third-order valence-electron chi connectivity index (χ3n) is 2.38. The number of nitrogens with two attached hydrogens (primary N) is 1. The lowest BCUT2D eigenvalue weighted by Crippen LogP contribution is -2.34. The van der Waals surface area contributed by atoms with E-state index in [0.717, 1.165) is 5.76 Å². The molecule has 1 heterocycles. The zero-order chi connectivity index (χ0) is 12.1. The molecule has 1 aromatic rings. The van der Waals surface area contributed by atoms with Crippen LogP contribution in [0.2, 0.25) is 0 Å². The van der Waals surface area contributed by atoms with Gasteiger partial charge in [-0.3, -0.25) is 4.79 Å². The number of aryl methyl sites for hydroxylation is 1. The van der Waals surface area contributed by atoms with E-state index in [1.807, 2.05) is 20.8 Å². The first-order valence-corrected chi connectivity index (χ1v) is 5.42. The fourth-order valence-corrected chi connectivity index (χ4v) is 1.18. The maximum Gasteiger partial charge on any atom is 0.221 e. The molecule has 0 aliphatic rings. The molecule has 0 bridgehead atoms. The Morgan fingerprint density at radius 2 is 2.31 bits per heavy atom. The zero-order valence-corrected chi connectivity index (χ0v) is 9.99. The number of hydrogen-bond donors (Lipinski definition) is 2. The van der Waals surface area contributed by atoms with Gasteiger partial charge in [0.25, 0.3) is 0 Å². The lowest BCUT2D eigenvalue weighted by molar-refractivity contribution is -0.121. The fraction of sp³-hybridized carbons (Fsp3) is 0.636. The van der Waals surface area contributed by atoms with Crippen LogP contribution in [0.1, 0.15) is 31.9 Å². The molecule has 1 unspecified atom stereocenters. The lowest BCUT2D eigenvalue weighted by Gasteiger charge is -2.14. The van der Waals surface area contributed by atoms with Crippen LogP contribution in [0.25, 0.3) is 0 Å². The van der Waals surface area contributed by atoms with Crippen molar-refractivity contribution in [2.75, 3.05) is 0 Å². The van der Waals surface area contributed by atoms with Crippen LogP contribution in [0.4, 0.5) is 0 Å². The molecule has 1 rings (SSSR count). The molecule has 0 aromatic carbocycles. The predicted octanol–water partition coefficient (Wildman–Crippen LogP) is 0.973. The van der Waals surface area contributed by atoms with Crippen molar-refractivity contribution < 1.29 is 9.21 Å². The molecule has 0 spiro atoms. The third kappa shape index (κ3) is 4.02. The Hall–Kier alpha value is -1.36. The van der Waals surface area contributed by atoms with Gasteiger partial charge in [-0.05, 0) is 12.8 Å². The second kappa shape index (κ2) is 5.65. The summed E-state index contributed by atoms with van der Waals surface area (Å²) >= 11 is 0.